The van der Waals surface area contributed by atoms with E-state index in [9.17, 15) is 0 Å². The molecule has 1 aromatic rings. The second kappa shape index (κ2) is 2.07. The second-order valence-electron chi connectivity index (χ2n) is 6.61. The fourth-order valence-electron chi connectivity index (χ4n) is 5.15. The molecule has 84 valence electrons. The molecule has 1 heterocycles. The fraction of sp³-hybridized carbons (Fsp3) is 0.714. The molecule has 0 N–H and O–H groups in total. The lowest BCUT2D eigenvalue weighted by molar-refractivity contribution is 0.300. The van der Waals surface area contributed by atoms with Gasteiger partial charge in [0.2, 0.25) is 0 Å². The van der Waals surface area contributed by atoms with Gasteiger partial charge >= 0.3 is 0 Å². The van der Waals surface area contributed by atoms with Gasteiger partial charge in [0.05, 0.1) is 5.69 Å². The summed E-state index contributed by atoms with van der Waals surface area (Å²) in [5, 5.41) is 0. The highest BCUT2D eigenvalue weighted by molar-refractivity contribution is 5.56. The zero-order valence-corrected chi connectivity index (χ0v) is 10.5. The van der Waals surface area contributed by atoms with Gasteiger partial charge in [0.1, 0.15) is 5.82 Å². The maximum absolute atomic E-state index is 4.75. The molecule has 0 aliphatic heterocycles. The van der Waals surface area contributed by atoms with Crippen molar-refractivity contribution in [3.8, 4) is 0 Å². The lowest BCUT2D eigenvalue weighted by Crippen LogP contribution is -2.28. The van der Waals surface area contributed by atoms with Crippen molar-refractivity contribution in [1.82, 2.24) is 9.97 Å². The van der Waals surface area contributed by atoms with Gasteiger partial charge in [0.25, 0.3) is 0 Å². The van der Waals surface area contributed by atoms with Crippen molar-refractivity contribution in [2.75, 3.05) is 0 Å². The van der Waals surface area contributed by atoms with E-state index in [0.29, 0.717) is 16.2 Å². The molecule has 16 heavy (non-hydrogen) atoms. The Morgan fingerprint density at radius 1 is 1.25 bits per heavy atom. The zero-order valence-electron chi connectivity index (χ0n) is 10.5. The van der Waals surface area contributed by atoms with Crippen molar-refractivity contribution in [1.29, 1.82) is 0 Å². The van der Waals surface area contributed by atoms with Crippen molar-refractivity contribution >= 4 is 0 Å². The molecule has 3 aliphatic rings. The Morgan fingerprint density at radius 3 is 2.75 bits per heavy atom. The molecule has 0 saturated heterocycles. The Bertz CT molecular complexity index is 523. The number of nitrogens with zero attached hydrogens (tertiary/aromatic N) is 2. The first kappa shape index (κ1) is 9.15. The van der Waals surface area contributed by atoms with Crippen LogP contribution in [-0.4, -0.2) is 9.97 Å². The molecule has 2 heteroatoms. The van der Waals surface area contributed by atoms with Gasteiger partial charge in [-0.25, -0.2) is 9.97 Å². The average molecular weight is 214 g/mol. The number of hydrogen-bond donors (Lipinski definition) is 0. The Morgan fingerprint density at radius 2 is 2.00 bits per heavy atom. The Labute approximate surface area is 96.5 Å². The van der Waals surface area contributed by atoms with Gasteiger partial charge in [-0.05, 0) is 42.1 Å². The molecule has 0 amide bonds. The molecule has 0 spiro atoms. The lowest BCUT2D eigenvalue weighted by Gasteiger charge is -2.29. The van der Waals surface area contributed by atoms with Gasteiger partial charge in [-0.3, -0.25) is 0 Å². The SMILES string of the molecule is Cc1ncc2c(n1)C1(C)CCC3(C)C2C13C. The summed E-state index contributed by atoms with van der Waals surface area (Å²) in [7, 11) is 0. The van der Waals surface area contributed by atoms with Gasteiger partial charge in [-0.15, -0.1) is 0 Å². The number of aryl methyl sites for hydroxylation is 1. The predicted molar refractivity (Wildman–Crippen MR) is 62.3 cm³/mol. The van der Waals surface area contributed by atoms with Crippen molar-refractivity contribution in [2.45, 2.75) is 51.9 Å². The minimum Gasteiger partial charge on any atom is -0.241 e. The minimum absolute atomic E-state index is 0.315. The molecule has 1 aromatic heterocycles. The van der Waals surface area contributed by atoms with Crippen LogP contribution in [0.15, 0.2) is 6.20 Å². The van der Waals surface area contributed by atoms with E-state index >= 15 is 0 Å². The molecule has 0 radical (unpaired) electrons. The summed E-state index contributed by atoms with van der Waals surface area (Å²) in [4.78, 5) is 9.16. The molecule has 2 nitrogen and oxygen atoms in total. The first-order chi connectivity index (χ1) is 7.45. The molecule has 4 unspecified atom stereocenters. The van der Waals surface area contributed by atoms with Gasteiger partial charge in [0, 0.05) is 11.6 Å². The number of fused-ring (bicyclic) bond motifs is 4. The van der Waals surface area contributed by atoms with Crippen molar-refractivity contribution < 1.29 is 0 Å². The van der Waals surface area contributed by atoms with Crippen LogP contribution in [0.25, 0.3) is 0 Å². The van der Waals surface area contributed by atoms with Crippen molar-refractivity contribution in [3.05, 3.63) is 23.3 Å². The van der Waals surface area contributed by atoms with Crippen molar-refractivity contribution in [2.24, 2.45) is 10.8 Å². The van der Waals surface area contributed by atoms with E-state index in [1.807, 2.05) is 6.92 Å². The Hall–Kier alpha value is -0.920. The number of rotatable bonds is 0. The van der Waals surface area contributed by atoms with Gasteiger partial charge in [0.15, 0.2) is 0 Å². The average Bonchev–Trinajstić information content (AvgIpc) is 2.60. The quantitative estimate of drug-likeness (QED) is 0.663. The van der Waals surface area contributed by atoms with E-state index in [2.05, 4.69) is 32.0 Å². The third-order valence-electron chi connectivity index (χ3n) is 6.38. The third-order valence-corrected chi connectivity index (χ3v) is 6.38. The van der Waals surface area contributed by atoms with E-state index in [-0.39, 0.29) is 0 Å². The first-order valence-corrected chi connectivity index (χ1v) is 6.29. The van der Waals surface area contributed by atoms with Gasteiger partial charge in [-0.1, -0.05) is 20.8 Å². The van der Waals surface area contributed by atoms with Gasteiger partial charge in [-0.2, -0.15) is 0 Å². The summed E-state index contributed by atoms with van der Waals surface area (Å²) < 4.78 is 0. The molecule has 0 bridgehead atoms. The molecular weight excluding hydrogens is 196 g/mol. The summed E-state index contributed by atoms with van der Waals surface area (Å²) in [6.45, 7) is 9.37. The monoisotopic (exact) mass is 214 g/mol. The highest BCUT2D eigenvalue weighted by Crippen LogP contribution is 2.90. The van der Waals surface area contributed by atoms with Crippen LogP contribution in [0.3, 0.4) is 0 Å². The van der Waals surface area contributed by atoms with Crippen LogP contribution in [0.2, 0.25) is 0 Å². The van der Waals surface area contributed by atoms with Crippen LogP contribution in [-0.2, 0) is 5.41 Å². The third kappa shape index (κ3) is 0.586. The van der Waals surface area contributed by atoms with E-state index in [1.165, 1.54) is 24.1 Å². The summed E-state index contributed by atoms with van der Waals surface area (Å²) in [6, 6.07) is 0. The van der Waals surface area contributed by atoms with Crippen LogP contribution < -0.4 is 0 Å². The lowest BCUT2D eigenvalue weighted by atomic mass is 9.75. The highest BCUT2D eigenvalue weighted by atomic mass is 15.0. The summed E-state index contributed by atoms with van der Waals surface area (Å²) >= 11 is 0. The van der Waals surface area contributed by atoms with E-state index in [1.54, 1.807) is 0 Å². The molecule has 4 rings (SSSR count). The Kier molecular flexibility index (Phi) is 1.19. The maximum Gasteiger partial charge on any atom is 0.125 e. The fourth-order valence-corrected chi connectivity index (χ4v) is 5.15. The maximum atomic E-state index is 4.75. The first-order valence-electron chi connectivity index (χ1n) is 6.29. The summed E-state index contributed by atoms with van der Waals surface area (Å²) in [5.74, 6) is 1.66. The highest BCUT2D eigenvalue weighted by Gasteiger charge is 2.85. The molecule has 2 fully saturated rings. The smallest absolute Gasteiger partial charge is 0.125 e. The summed E-state index contributed by atoms with van der Waals surface area (Å²) in [5.41, 5.74) is 4.13. The normalized spacial score (nSPS) is 51.4. The van der Waals surface area contributed by atoms with Gasteiger partial charge < -0.3 is 0 Å². The van der Waals surface area contributed by atoms with E-state index in [0.717, 1.165) is 11.7 Å². The van der Waals surface area contributed by atoms with Crippen LogP contribution in [0, 0.1) is 17.8 Å². The largest absolute Gasteiger partial charge is 0.241 e. The molecule has 3 aliphatic carbocycles. The number of aromatic nitrogens is 2. The molecule has 0 aromatic carbocycles. The molecule has 2 saturated carbocycles. The van der Waals surface area contributed by atoms with Crippen molar-refractivity contribution in [3.63, 3.8) is 0 Å². The van der Waals surface area contributed by atoms with E-state index < -0.39 is 0 Å². The molecular formula is C14H18N2. The topological polar surface area (TPSA) is 25.8 Å². The van der Waals surface area contributed by atoms with Crippen LogP contribution in [0.5, 0.6) is 0 Å². The standard InChI is InChI=1S/C14H18N2/c1-8-15-7-9-10-12(2)5-6-13(3,11(9)16-8)14(10,12)4/h7,10H,5-6H2,1-4H3. The van der Waals surface area contributed by atoms with Crippen LogP contribution >= 0.6 is 0 Å². The van der Waals surface area contributed by atoms with E-state index in [4.69, 9.17) is 4.98 Å². The second-order valence-corrected chi connectivity index (χ2v) is 6.61. The molecule has 4 atom stereocenters. The zero-order chi connectivity index (χ0) is 11.3. The number of hydrogen-bond acceptors (Lipinski definition) is 2. The summed E-state index contributed by atoms with van der Waals surface area (Å²) in [6.07, 6.45) is 4.77. The van der Waals surface area contributed by atoms with Crippen LogP contribution in [0.4, 0.5) is 0 Å². The minimum atomic E-state index is 0.315. The predicted octanol–water partition coefficient (Wildman–Crippen LogP) is 2.96. The Balaban J connectivity index is 2.05. The van der Waals surface area contributed by atoms with Crippen LogP contribution in [0.1, 0.15) is 56.6 Å².